The lowest BCUT2D eigenvalue weighted by atomic mass is 10.2. The standard InChI is InChI=1S/C15H21NOS/c17-15(16-10-4-5-11-16)9-6-12-18-13-14-7-2-1-3-8-14/h1-3,7-8H,4-6,9-13H2. The second-order valence-corrected chi connectivity index (χ2v) is 5.83. The Morgan fingerprint density at radius 1 is 1.17 bits per heavy atom. The third-order valence-electron chi connectivity index (χ3n) is 3.25. The van der Waals surface area contributed by atoms with Crippen molar-refractivity contribution >= 4 is 17.7 Å². The fourth-order valence-corrected chi connectivity index (χ4v) is 3.14. The fourth-order valence-electron chi connectivity index (χ4n) is 2.21. The molecule has 2 nitrogen and oxygen atoms in total. The molecule has 0 radical (unpaired) electrons. The summed E-state index contributed by atoms with van der Waals surface area (Å²) in [5.41, 5.74) is 1.37. The zero-order valence-electron chi connectivity index (χ0n) is 10.8. The molecule has 3 heteroatoms. The van der Waals surface area contributed by atoms with Gasteiger partial charge in [0, 0.05) is 25.3 Å². The van der Waals surface area contributed by atoms with Crippen molar-refractivity contribution in [3.63, 3.8) is 0 Å². The van der Waals surface area contributed by atoms with Crippen LogP contribution >= 0.6 is 11.8 Å². The van der Waals surface area contributed by atoms with Gasteiger partial charge in [-0.3, -0.25) is 4.79 Å². The molecule has 18 heavy (non-hydrogen) atoms. The molecule has 0 spiro atoms. The summed E-state index contributed by atoms with van der Waals surface area (Å²) in [5, 5.41) is 0. The highest BCUT2D eigenvalue weighted by Gasteiger charge is 2.16. The van der Waals surface area contributed by atoms with E-state index in [1.807, 2.05) is 22.7 Å². The van der Waals surface area contributed by atoms with Gasteiger partial charge in [-0.25, -0.2) is 0 Å². The first-order valence-corrected chi connectivity index (χ1v) is 7.91. The number of hydrogen-bond acceptors (Lipinski definition) is 2. The summed E-state index contributed by atoms with van der Waals surface area (Å²) in [5.74, 6) is 2.49. The van der Waals surface area contributed by atoms with Gasteiger partial charge in [0.25, 0.3) is 0 Å². The minimum Gasteiger partial charge on any atom is -0.343 e. The molecule has 1 aromatic carbocycles. The normalized spacial score (nSPS) is 15.0. The van der Waals surface area contributed by atoms with Crippen LogP contribution in [-0.4, -0.2) is 29.6 Å². The first-order chi connectivity index (χ1) is 8.86. The Morgan fingerprint density at radius 3 is 2.61 bits per heavy atom. The minimum absolute atomic E-state index is 0.354. The molecule has 0 aliphatic carbocycles. The van der Waals surface area contributed by atoms with Gasteiger partial charge >= 0.3 is 0 Å². The van der Waals surface area contributed by atoms with E-state index in [4.69, 9.17) is 0 Å². The van der Waals surface area contributed by atoms with Crippen molar-refractivity contribution < 1.29 is 4.79 Å². The van der Waals surface area contributed by atoms with E-state index < -0.39 is 0 Å². The molecule has 1 aromatic rings. The molecule has 0 bridgehead atoms. The number of rotatable bonds is 6. The summed E-state index contributed by atoms with van der Waals surface area (Å²) < 4.78 is 0. The molecule has 1 heterocycles. The number of hydrogen-bond donors (Lipinski definition) is 0. The van der Waals surface area contributed by atoms with Gasteiger partial charge in [-0.2, -0.15) is 11.8 Å². The Balaban J connectivity index is 1.54. The highest BCUT2D eigenvalue weighted by molar-refractivity contribution is 7.98. The summed E-state index contributed by atoms with van der Waals surface area (Å²) >= 11 is 1.92. The molecule has 98 valence electrons. The highest BCUT2D eigenvalue weighted by atomic mass is 32.2. The molecule has 0 unspecified atom stereocenters. The second kappa shape index (κ2) is 7.47. The molecule has 1 fully saturated rings. The van der Waals surface area contributed by atoms with Crippen molar-refractivity contribution in [1.82, 2.24) is 4.90 Å². The van der Waals surface area contributed by atoms with Crippen molar-refractivity contribution in [2.45, 2.75) is 31.4 Å². The van der Waals surface area contributed by atoms with E-state index in [2.05, 4.69) is 24.3 Å². The van der Waals surface area contributed by atoms with Gasteiger partial charge in [0.05, 0.1) is 0 Å². The van der Waals surface area contributed by atoms with E-state index in [9.17, 15) is 4.79 Å². The van der Waals surface area contributed by atoms with E-state index in [0.717, 1.165) is 37.4 Å². The van der Waals surface area contributed by atoms with Crippen LogP contribution in [0.1, 0.15) is 31.2 Å². The van der Waals surface area contributed by atoms with Crippen LogP contribution in [0.4, 0.5) is 0 Å². The summed E-state index contributed by atoms with van der Waals surface area (Å²) in [6.07, 6.45) is 4.11. The van der Waals surface area contributed by atoms with Crippen LogP contribution in [0.25, 0.3) is 0 Å². The van der Waals surface area contributed by atoms with Crippen molar-refractivity contribution in [1.29, 1.82) is 0 Å². The van der Waals surface area contributed by atoms with Crippen LogP contribution in [0.15, 0.2) is 30.3 Å². The third kappa shape index (κ3) is 4.37. The summed E-state index contributed by atoms with van der Waals surface area (Å²) in [6, 6.07) is 10.5. The van der Waals surface area contributed by atoms with E-state index >= 15 is 0 Å². The highest BCUT2D eigenvalue weighted by Crippen LogP contribution is 2.15. The van der Waals surface area contributed by atoms with Crippen LogP contribution in [-0.2, 0) is 10.5 Å². The molecule has 1 aliphatic rings. The maximum Gasteiger partial charge on any atom is 0.222 e. The largest absolute Gasteiger partial charge is 0.343 e. The molecule has 2 rings (SSSR count). The van der Waals surface area contributed by atoms with Crippen molar-refractivity contribution in [3.8, 4) is 0 Å². The molecule has 0 aromatic heterocycles. The van der Waals surface area contributed by atoms with Crippen molar-refractivity contribution in [2.75, 3.05) is 18.8 Å². The Labute approximate surface area is 114 Å². The lowest BCUT2D eigenvalue weighted by molar-refractivity contribution is -0.130. The lowest BCUT2D eigenvalue weighted by Gasteiger charge is -2.14. The van der Waals surface area contributed by atoms with Crippen LogP contribution in [0.2, 0.25) is 0 Å². The molecular weight excluding hydrogens is 242 g/mol. The van der Waals surface area contributed by atoms with Gasteiger partial charge in [0.2, 0.25) is 5.91 Å². The third-order valence-corrected chi connectivity index (χ3v) is 4.36. The van der Waals surface area contributed by atoms with Gasteiger partial charge < -0.3 is 4.90 Å². The molecule has 0 N–H and O–H groups in total. The van der Waals surface area contributed by atoms with Crippen LogP contribution in [0.3, 0.4) is 0 Å². The fraction of sp³-hybridized carbons (Fsp3) is 0.533. The van der Waals surface area contributed by atoms with Gasteiger partial charge in [0.15, 0.2) is 0 Å². The van der Waals surface area contributed by atoms with Crippen LogP contribution in [0, 0.1) is 0 Å². The number of thioether (sulfide) groups is 1. The smallest absolute Gasteiger partial charge is 0.222 e. The summed E-state index contributed by atoms with van der Waals surface area (Å²) in [4.78, 5) is 13.8. The van der Waals surface area contributed by atoms with Crippen LogP contribution < -0.4 is 0 Å². The summed E-state index contributed by atoms with van der Waals surface area (Å²) in [7, 11) is 0. The van der Waals surface area contributed by atoms with Crippen molar-refractivity contribution in [3.05, 3.63) is 35.9 Å². The number of amides is 1. The van der Waals surface area contributed by atoms with Gasteiger partial charge in [-0.1, -0.05) is 30.3 Å². The Hall–Kier alpha value is -0.960. The Bertz CT molecular complexity index is 360. The minimum atomic E-state index is 0.354. The van der Waals surface area contributed by atoms with Crippen LogP contribution in [0.5, 0.6) is 0 Å². The molecule has 0 saturated carbocycles. The quantitative estimate of drug-likeness (QED) is 0.734. The predicted molar refractivity (Wildman–Crippen MR) is 77.7 cm³/mol. The Morgan fingerprint density at radius 2 is 1.89 bits per heavy atom. The van der Waals surface area contributed by atoms with E-state index in [-0.39, 0.29) is 0 Å². The molecule has 1 amide bonds. The maximum atomic E-state index is 11.8. The van der Waals surface area contributed by atoms with Gasteiger partial charge in [-0.15, -0.1) is 0 Å². The Kier molecular flexibility index (Phi) is 5.59. The number of benzene rings is 1. The number of likely N-dealkylation sites (tertiary alicyclic amines) is 1. The molecule has 1 saturated heterocycles. The molecule has 1 aliphatic heterocycles. The first-order valence-electron chi connectivity index (χ1n) is 6.76. The zero-order valence-corrected chi connectivity index (χ0v) is 11.6. The van der Waals surface area contributed by atoms with Gasteiger partial charge in [-0.05, 0) is 30.6 Å². The average molecular weight is 263 g/mol. The van der Waals surface area contributed by atoms with Crippen molar-refractivity contribution in [2.24, 2.45) is 0 Å². The SMILES string of the molecule is O=C(CCCSCc1ccccc1)N1CCCC1. The topological polar surface area (TPSA) is 20.3 Å². The van der Waals surface area contributed by atoms with E-state index in [0.29, 0.717) is 5.91 Å². The maximum absolute atomic E-state index is 11.8. The number of carbonyl (C=O) groups excluding carboxylic acids is 1. The summed E-state index contributed by atoms with van der Waals surface area (Å²) in [6.45, 7) is 1.96. The van der Waals surface area contributed by atoms with Gasteiger partial charge in [0.1, 0.15) is 0 Å². The van der Waals surface area contributed by atoms with E-state index in [1.54, 1.807) is 0 Å². The average Bonchev–Trinajstić information content (AvgIpc) is 2.93. The monoisotopic (exact) mass is 263 g/mol. The zero-order chi connectivity index (χ0) is 12.6. The second-order valence-electron chi connectivity index (χ2n) is 4.73. The molecular formula is C15H21NOS. The molecule has 0 atom stereocenters. The number of nitrogens with zero attached hydrogens (tertiary/aromatic N) is 1. The van der Waals surface area contributed by atoms with E-state index in [1.165, 1.54) is 18.4 Å². The lowest BCUT2D eigenvalue weighted by Crippen LogP contribution is -2.27. The number of carbonyl (C=O) groups is 1. The predicted octanol–water partition coefficient (Wildman–Crippen LogP) is 3.32. The first kappa shape index (κ1) is 13.5.